The maximum Gasteiger partial charge on any atom is 0.161 e. The SMILES string of the molecule is c1cc(-c2ccnc3c2oc2ccc(-c4ccc5oc6c(-c7ccncc7)ccnc6c5c4)cc23)ccn1. The van der Waals surface area contributed by atoms with Gasteiger partial charge in [0.05, 0.1) is 0 Å². The Balaban J connectivity index is 1.29. The van der Waals surface area contributed by atoms with E-state index in [-0.39, 0.29) is 0 Å². The van der Waals surface area contributed by atoms with Gasteiger partial charge in [0.15, 0.2) is 11.2 Å². The molecule has 6 heteroatoms. The van der Waals surface area contributed by atoms with Crippen molar-refractivity contribution in [1.82, 2.24) is 19.9 Å². The predicted octanol–water partition coefficient (Wildman–Crippen LogP) is 8.07. The molecule has 8 rings (SSSR count). The van der Waals surface area contributed by atoms with Crippen LogP contribution in [0.1, 0.15) is 0 Å². The van der Waals surface area contributed by atoms with E-state index in [0.29, 0.717) is 0 Å². The molecule has 38 heavy (non-hydrogen) atoms. The Morgan fingerprint density at radius 3 is 1.32 bits per heavy atom. The Hall–Kier alpha value is -5.36. The second kappa shape index (κ2) is 8.08. The van der Waals surface area contributed by atoms with Gasteiger partial charge in [0.2, 0.25) is 0 Å². The van der Waals surface area contributed by atoms with Gasteiger partial charge in [-0.25, -0.2) is 0 Å². The minimum absolute atomic E-state index is 0.773. The van der Waals surface area contributed by atoms with Gasteiger partial charge in [-0.1, -0.05) is 12.1 Å². The van der Waals surface area contributed by atoms with Gasteiger partial charge in [-0.05, 0) is 82.9 Å². The second-order valence-corrected chi connectivity index (χ2v) is 9.17. The minimum atomic E-state index is 0.773. The number of fused-ring (bicyclic) bond motifs is 6. The Morgan fingerprint density at radius 2 is 0.868 bits per heavy atom. The number of pyridine rings is 4. The van der Waals surface area contributed by atoms with E-state index in [1.54, 1.807) is 24.8 Å². The van der Waals surface area contributed by atoms with Crippen LogP contribution in [0.3, 0.4) is 0 Å². The Morgan fingerprint density at radius 1 is 0.421 bits per heavy atom. The maximum absolute atomic E-state index is 6.29. The summed E-state index contributed by atoms with van der Waals surface area (Å²) < 4.78 is 12.6. The van der Waals surface area contributed by atoms with Crippen molar-refractivity contribution in [2.45, 2.75) is 0 Å². The standard InChI is InChI=1S/C32H18N4O2/c1-3-27-25(29-31(37-27)23(9-15-35-29)19-5-11-33-12-6-19)17-21(1)22-2-4-28-26(18-22)30-32(38-28)24(10-16-36-30)20-7-13-34-14-8-20/h1-18H. The zero-order valence-corrected chi connectivity index (χ0v) is 20.0. The first-order valence-electron chi connectivity index (χ1n) is 12.3. The van der Waals surface area contributed by atoms with E-state index in [1.807, 2.05) is 60.9 Å². The second-order valence-electron chi connectivity index (χ2n) is 9.17. The van der Waals surface area contributed by atoms with Crippen molar-refractivity contribution in [3.8, 4) is 33.4 Å². The number of rotatable bonds is 3. The minimum Gasteiger partial charge on any atom is -0.454 e. The van der Waals surface area contributed by atoms with Crippen LogP contribution in [0.5, 0.6) is 0 Å². The number of hydrogen-bond acceptors (Lipinski definition) is 6. The van der Waals surface area contributed by atoms with Gasteiger partial charge in [0, 0.05) is 59.1 Å². The highest BCUT2D eigenvalue weighted by molar-refractivity contribution is 6.10. The molecule has 0 aliphatic carbocycles. The van der Waals surface area contributed by atoms with Gasteiger partial charge < -0.3 is 8.83 Å². The Bertz CT molecular complexity index is 1980. The topological polar surface area (TPSA) is 77.8 Å². The molecule has 0 aliphatic rings. The van der Waals surface area contributed by atoms with Crippen LogP contribution in [0.15, 0.2) is 119 Å². The van der Waals surface area contributed by atoms with Gasteiger partial charge >= 0.3 is 0 Å². The highest BCUT2D eigenvalue weighted by Gasteiger charge is 2.17. The third-order valence-corrected chi connectivity index (χ3v) is 7.02. The maximum atomic E-state index is 6.29. The number of furan rings is 2. The van der Waals surface area contributed by atoms with E-state index in [9.17, 15) is 0 Å². The highest BCUT2D eigenvalue weighted by Crippen LogP contribution is 2.39. The molecule has 178 valence electrons. The molecular weight excluding hydrogens is 472 g/mol. The zero-order valence-electron chi connectivity index (χ0n) is 20.0. The zero-order chi connectivity index (χ0) is 25.1. The normalized spacial score (nSPS) is 11.7. The molecule has 0 N–H and O–H groups in total. The van der Waals surface area contributed by atoms with Gasteiger partial charge in [-0.2, -0.15) is 0 Å². The molecular formula is C32H18N4O2. The van der Waals surface area contributed by atoms with Crippen molar-refractivity contribution in [1.29, 1.82) is 0 Å². The largest absolute Gasteiger partial charge is 0.454 e. The van der Waals surface area contributed by atoms with Crippen molar-refractivity contribution in [2.24, 2.45) is 0 Å². The lowest BCUT2D eigenvalue weighted by atomic mass is 10.0. The smallest absolute Gasteiger partial charge is 0.161 e. The molecule has 6 heterocycles. The van der Waals surface area contributed by atoms with E-state index in [2.05, 4.69) is 44.2 Å². The summed E-state index contributed by atoms with van der Waals surface area (Å²) in [5, 5.41) is 1.95. The summed E-state index contributed by atoms with van der Waals surface area (Å²) in [5.74, 6) is 0. The molecule has 0 amide bonds. The van der Waals surface area contributed by atoms with Gasteiger partial charge in [-0.15, -0.1) is 0 Å². The Labute approximate surface area is 216 Å². The van der Waals surface area contributed by atoms with Crippen LogP contribution in [0.4, 0.5) is 0 Å². The van der Waals surface area contributed by atoms with E-state index < -0.39 is 0 Å². The van der Waals surface area contributed by atoms with Crippen molar-refractivity contribution in [3.05, 3.63) is 110 Å². The van der Waals surface area contributed by atoms with Crippen LogP contribution in [-0.2, 0) is 0 Å². The first kappa shape index (κ1) is 20.8. The number of nitrogens with zero attached hydrogens (tertiary/aromatic N) is 4. The molecule has 0 atom stereocenters. The lowest BCUT2D eigenvalue weighted by molar-refractivity contribution is 0.668. The molecule has 0 aliphatic heterocycles. The Kier molecular flexibility index (Phi) is 4.42. The molecule has 0 saturated heterocycles. The number of benzene rings is 2. The summed E-state index contributed by atoms with van der Waals surface area (Å²) in [6.45, 7) is 0. The van der Waals surface area contributed by atoms with Gasteiger partial charge in [-0.3, -0.25) is 19.9 Å². The lowest BCUT2D eigenvalue weighted by Gasteiger charge is -2.02. The molecule has 0 fully saturated rings. The average Bonchev–Trinajstić information content (AvgIpc) is 3.55. The van der Waals surface area contributed by atoms with E-state index in [1.165, 1.54) is 0 Å². The van der Waals surface area contributed by atoms with Crippen LogP contribution < -0.4 is 0 Å². The third kappa shape index (κ3) is 3.14. The molecule has 0 radical (unpaired) electrons. The van der Waals surface area contributed by atoms with Crippen LogP contribution in [0.2, 0.25) is 0 Å². The molecule has 6 aromatic heterocycles. The molecule has 0 saturated carbocycles. The average molecular weight is 491 g/mol. The first-order valence-corrected chi connectivity index (χ1v) is 12.3. The fourth-order valence-corrected chi connectivity index (χ4v) is 5.19. The molecule has 2 aromatic carbocycles. The highest BCUT2D eigenvalue weighted by atomic mass is 16.3. The van der Waals surface area contributed by atoms with Crippen LogP contribution in [0.25, 0.3) is 77.5 Å². The van der Waals surface area contributed by atoms with Crippen LogP contribution in [0, 0.1) is 0 Å². The van der Waals surface area contributed by atoms with Crippen molar-refractivity contribution < 1.29 is 8.83 Å². The fourth-order valence-electron chi connectivity index (χ4n) is 5.19. The summed E-state index contributed by atoms with van der Waals surface area (Å²) in [5.41, 5.74) is 11.1. The van der Waals surface area contributed by atoms with Crippen LogP contribution >= 0.6 is 0 Å². The number of hydrogen-bond donors (Lipinski definition) is 0. The van der Waals surface area contributed by atoms with E-state index >= 15 is 0 Å². The van der Waals surface area contributed by atoms with E-state index in [4.69, 9.17) is 8.83 Å². The van der Waals surface area contributed by atoms with E-state index in [0.717, 1.165) is 77.5 Å². The summed E-state index contributed by atoms with van der Waals surface area (Å²) in [6, 6.07) is 24.3. The van der Waals surface area contributed by atoms with Crippen molar-refractivity contribution in [2.75, 3.05) is 0 Å². The number of aromatic nitrogens is 4. The monoisotopic (exact) mass is 490 g/mol. The molecule has 6 nitrogen and oxygen atoms in total. The molecule has 8 aromatic rings. The summed E-state index contributed by atoms with van der Waals surface area (Å²) in [4.78, 5) is 17.6. The lowest BCUT2D eigenvalue weighted by Crippen LogP contribution is -1.82. The van der Waals surface area contributed by atoms with Gasteiger partial charge in [0.1, 0.15) is 22.2 Å². The first-order chi connectivity index (χ1) is 18.8. The van der Waals surface area contributed by atoms with Crippen LogP contribution in [-0.4, -0.2) is 19.9 Å². The van der Waals surface area contributed by atoms with Crippen molar-refractivity contribution in [3.63, 3.8) is 0 Å². The summed E-state index contributed by atoms with van der Waals surface area (Å²) in [7, 11) is 0. The fraction of sp³-hybridized carbons (Fsp3) is 0. The predicted molar refractivity (Wildman–Crippen MR) is 148 cm³/mol. The molecule has 0 bridgehead atoms. The summed E-state index contributed by atoms with van der Waals surface area (Å²) in [6.07, 6.45) is 10.8. The molecule has 0 spiro atoms. The quantitative estimate of drug-likeness (QED) is 0.249. The molecule has 0 unspecified atom stereocenters. The summed E-state index contributed by atoms with van der Waals surface area (Å²) >= 11 is 0. The third-order valence-electron chi connectivity index (χ3n) is 7.02. The van der Waals surface area contributed by atoms with Gasteiger partial charge in [0.25, 0.3) is 0 Å². The van der Waals surface area contributed by atoms with Crippen molar-refractivity contribution >= 4 is 44.1 Å².